The highest BCUT2D eigenvalue weighted by atomic mass is 16.1. The van der Waals surface area contributed by atoms with E-state index in [1.165, 1.54) is 24.1 Å². The topological polar surface area (TPSA) is 78.1 Å². The Morgan fingerprint density at radius 2 is 2.03 bits per heavy atom. The van der Waals surface area contributed by atoms with E-state index in [-0.39, 0.29) is 12.1 Å². The maximum absolute atomic E-state index is 12.3. The number of carbonyl (C=O) groups excluding carboxylic acids is 1. The van der Waals surface area contributed by atoms with Crippen LogP contribution in [0.25, 0.3) is 5.57 Å². The Bertz CT molecular complexity index is 1030. The van der Waals surface area contributed by atoms with Crippen molar-refractivity contribution in [2.75, 3.05) is 17.7 Å². The van der Waals surface area contributed by atoms with Gasteiger partial charge >= 0.3 is 0 Å². The van der Waals surface area contributed by atoms with E-state index in [4.69, 9.17) is 0 Å². The number of allylic oxidation sites excluding steroid dienone is 2. The zero-order valence-electron chi connectivity index (χ0n) is 16.7. The molecule has 29 heavy (non-hydrogen) atoms. The van der Waals surface area contributed by atoms with E-state index < -0.39 is 0 Å². The Labute approximate surface area is 170 Å². The van der Waals surface area contributed by atoms with Gasteiger partial charge in [-0.05, 0) is 60.7 Å². The van der Waals surface area contributed by atoms with E-state index in [0.29, 0.717) is 12.5 Å². The third-order valence-electron chi connectivity index (χ3n) is 5.88. The van der Waals surface area contributed by atoms with Gasteiger partial charge in [-0.1, -0.05) is 6.07 Å². The monoisotopic (exact) mass is 387 g/mol. The number of anilines is 2. The Balaban J connectivity index is 1.36. The van der Waals surface area contributed by atoms with Crippen molar-refractivity contribution in [3.63, 3.8) is 0 Å². The highest BCUT2D eigenvalue weighted by Crippen LogP contribution is 2.39. The van der Waals surface area contributed by atoms with Crippen LogP contribution in [0.4, 0.5) is 11.4 Å². The molecule has 1 saturated carbocycles. The molecule has 4 N–H and O–H groups in total. The highest BCUT2D eigenvalue weighted by Gasteiger charge is 2.27. The van der Waals surface area contributed by atoms with Gasteiger partial charge in [-0.2, -0.15) is 0 Å². The van der Waals surface area contributed by atoms with E-state index >= 15 is 0 Å². The maximum atomic E-state index is 12.3. The molecule has 1 fully saturated rings. The number of carbonyl (C=O) groups is 1. The molecule has 1 amide bonds. The number of fused-ring (bicyclic) bond motifs is 1. The molecule has 1 aromatic carbocycles. The van der Waals surface area contributed by atoms with E-state index in [0.717, 1.165) is 33.6 Å². The number of benzene rings is 1. The van der Waals surface area contributed by atoms with Crippen LogP contribution in [0.1, 0.15) is 52.9 Å². The lowest BCUT2D eigenvalue weighted by molar-refractivity contribution is 0.0966. The van der Waals surface area contributed by atoms with Gasteiger partial charge in [-0.15, -0.1) is 0 Å². The van der Waals surface area contributed by atoms with Crippen LogP contribution >= 0.6 is 0 Å². The summed E-state index contributed by atoms with van der Waals surface area (Å²) < 4.78 is 0. The second kappa shape index (κ2) is 6.95. The second-order valence-electron chi connectivity index (χ2n) is 7.89. The van der Waals surface area contributed by atoms with Crippen molar-refractivity contribution in [3.8, 4) is 0 Å². The van der Waals surface area contributed by atoms with E-state index in [1.807, 2.05) is 25.5 Å². The number of dihydropyridines is 1. The van der Waals surface area contributed by atoms with Gasteiger partial charge in [-0.25, -0.2) is 0 Å². The number of nitrogens with zero attached hydrogens (tertiary/aromatic N) is 1. The molecule has 0 bridgehead atoms. The summed E-state index contributed by atoms with van der Waals surface area (Å²) in [6.45, 7) is 2.67. The third-order valence-corrected chi connectivity index (χ3v) is 5.88. The average Bonchev–Trinajstić information content (AvgIpc) is 3.51. The molecule has 6 nitrogen and oxygen atoms in total. The molecule has 0 spiro atoms. The minimum atomic E-state index is -0.0149. The predicted molar refractivity (Wildman–Crippen MR) is 116 cm³/mol. The molecule has 0 saturated heterocycles. The molecular weight excluding hydrogens is 362 g/mol. The van der Waals surface area contributed by atoms with Crippen LogP contribution in [0.3, 0.4) is 0 Å². The van der Waals surface area contributed by atoms with Gasteiger partial charge in [0.2, 0.25) is 0 Å². The standard InChI is InChI=1S/C23H25N5O/c1-13-9-21(28-15-5-7-19(25-10-15)14-3-4-14)26-11-17(13)16-6-8-20(24-2)22-18(16)12-27-23(22)29/h5-11,14,21,24,26,28H,3-4,12H2,1-2H3,(H,27,29). The van der Waals surface area contributed by atoms with Crippen molar-refractivity contribution >= 4 is 22.9 Å². The Kier molecular flexibility index (Phi) is 4.27. The molecule has 0 radical (unpaired) electrons. The summed E-state index contributed by atoms with van der Waals surface area (Å²) in [4.78, 5) is 16.8. The van der Waals surface area contributed by atoms with Crippen LogP contribution in [-0.4, -0.2) is 24.1 Å². The van der Waals surface area contributed by atoms with Gasteiger partial charge in [0.15, 0.2) is 0 Å². The fraction of sp³-hybridized carbons (Fsp3) is 0.304. The Hall–Kier alpha value is -3.28. The minimum absolute atomic E-state index is 0.00304. The molecular formula is C23H25N5O. The van der Waals surface area contributed by atoms with Crippen LogP contribution in [0.5, 0.6) is 0 Å². The van der Waals surface area contributed by atoms with Crippen molar-refractivity contribution in [2.24, 2.45) is 0 Å². The molecule has 2 aromatic rings. The number of pyridine rings is 1. The average molecular weight is 387 g/mol. The number of nitrogens with one attached hydrogen (secondary N) is 4. The summed E-state index contributed by atoms with van der Waals surface area (Å²) in [5, 5.41) is 13.0. The van der Waals surface area contributed by atoms with Gasteiger partial charge in [-0.3, -0.25) is 9.78 Å². The van der Waals surface area contributed by atoms with E-state index in [2.05, 4.69) is 57.4 Å². The fourth-order valence-electron chi connectivity index (χ4n) is 4.15. The summed E-state index contributed by atoms with van der Waals surface area (Å²) in [5.41, 5.74) is 8.24. The molecule has 3 heterocycles. The largest absolute Gasteiger partial charge is 0.387 e. The quantitative estimate of drug-likeness (QED) is 0.631. The van der Waals surface area contributed by atoms with Crippen molar-refractivity contribution in [2.45, 2.75) is 38.4 Å². The van der Waals surface area contributed by atoms with Crippen LogP contribution in [-0.2, 0) is 6.54 Å². The molecule has 1 unspecified atom stereocenters. The van der Waals surface area contributed by atoms with Gasteiger partial charge in [0.1, 0.15) is 6.17 Å². The number of aromatic nitrogens is 1. The van der Waals surface area contributed by atoms with Gasteiger partial charge in [0.05, 0.1) is 17.4 Å². The van der Waals surface area contributed by atoms with Crippen molar-refractivity contribution < 1.29 is 4.79 Å². The van der Waals surface area contributed by atoms with Gasteiger partial charge in [0.25, 0.3) is 5.91 Å². The smallest absolute Gasteiger partial charge is 0.254 e. The molecule has 1 aromatic heterocycles. The zero-order valence-corrected chi connectivity index (χ0v) is 16.7. The van der Waals surface area contributed by atoms with Gasteiger partial charge in [0, 0.05) is 42.7 Å². The van der Waals surface area contributed by atoms with Crippen molar-refractivity contribution in [3.05, 3.63) is 70.7 Å². The van der Waals surface area contributed by atoms with Crippen LogP contribution in [0.15, 0.2) is 48.3 Å². The lowest BCUT2D eigenvalue weighted by atomic mass is 9.91. The molecule has 6 heteroatoms. The lowest BCUT2D eigenvalue weighted by Crippen LogP contribution is -2.33. The first-order chi connectivity index (χ1) is 14.1. The Morgan fingerprint density at radius 3 is 2.72 bits per heavy atom. The van der Waals surface area contributed by atoms with E-state index in [1.54, 1.807) is 0 Å². The first-order valence-electron chi connectivity index (χ1n) is 10.1. The van der Waals surface area contributed by atoms with Crippen molar-refractivity contribution in [1.29, 1.82) is 0 Å². The summed E-state index contributed by atoms with van der Waals surface area (Å²) in [6, 6.07) is 8.29. The predicted octanol–water partition coefficient (Wildman–Crippen LogP) is 3.57. The van der Waals surface area contributed by atoms with Crippen LogP contribution in [0.2, 0.25) is 0 Å². The fourth-order valence-corrected chi connectivity index (χ4v) is 4.15. The van der Waals surface area contributed by atoms with Crippen LogP contribution in [0, 0.1) is 0 Å². The molecule has 5 rings (SSSR count). The molecule has 148 valence electrons. The summed E-state index contributed by atoms with van der Waals surface area (Å²) in [5.74, 6) is 0.653. The zero-order chi connectivity index (χ0) is 20.0. The third kappa shape index (κ3) is 3.24. The SMILES string of the molecule is CNc1ccc(C2=CNC(Nc3ccc(C4CC4)nc3)C=C2C)c2c1C(=O)NC2. The van der Waals surface area contributed by atoms with Crippen LogP contribution < -0.4 is 21.3 Å². The highest BCUT2D eigenvalue weighted by molar-refractivity contribution is 6.05. The Morgan fingerprint density at radius 1 is 1.17 bits per heavy atom. The van der Waals surface area contributed by atoms with E-state index in [9.17, 15) is 4.79 Å². The second-order valence-corrected chi connectivity index (χ2v) is 7.89. The number of hydrogen-bond acceptors (Lipinski definition) is 5. The summed E-state index contributed by atoms with van der Waals surface area (Å²) in [7, 11) is 1.84. The summed E-state index contributed by atoms with van der Waals surface area (Å²) >= 11 is 0. The number of hydrogen-bond donors (Lipinski definition) is 4. The molecule has 2 aliphatic heterocycles. The van der Waals surface area contributed by atoms with Gasteiger partial charge < -0.3 is 21.3 Å². The molecule has 1 aliphatic carbocycles. The normalized spacial score (nSPS) is 20.2. The first-order valence-corrected chi connectivity index (χ1v) is 10.1. The maximum Gasteiger partial charge on any atom is 0.254 e. The number of amides is 1. The number of rotatable bonds is 5. The van der Waals surface area contributed by atoms with Crippen molar-refractivity contribution in [1.82, 2.24) is 15.6 Å². The minimum Gasteiger partial charge on any atom is -0.387 e. The first kappa shape index (κ1) is 17.8. The summed E-state index contributed by atoms with van der Waals surface area (Å²) in [6.07, 6.45) is 8.65. The molecule has 3 aliphatic rings. The molecule has 1 atom stereocenters. The lowest BCUT2D eigenvalue weighted by Gasteiger charge is -2.25.